The van der Waals surface area contributed by atoms with Crippen LogP contribution in [0.4, 0.5) is 5.82 Å². The Morgan fingerprint density at radius 3 is 2.63 bits per heavy atom. The van der Waals surface area contributed by atoms with Crippen molar-refractivity contribution in [3.05, 3.63) is 78.2 Å². The first-order chi connectivity index (χ1) is 21.1. The van der Waals surface area contributed by atoms with Crippen molar-refractivity contribution in [2.24, 2.45) is 17.8 Å². The number of aromatic nitrogens is 3. The molecule has 1 amide bonds. The van der Waals surface area contributed by atoms with Crippen LogP contribution in [0.2, 0.25) is 0 Å². The molecule has 0 radical (unpaired) electrons. The third-order valence-corrected chi connectivity index (χ3v) is 9.74. The van der Waals surface area contributed by atoms with E-state index >= 15 is 0 Å². The second kappa shape index (κ2) is 10.4. The molecule has 5 aliphatic rings. The molecule has 9 rings (SSSR count). The van der Waals surface area contributed by atoms with Gasteiger partial charge in [0.2, 0.25) is 0 Å². The van der Waals surface area contributed by atoms with Gasteiger partial charge in [-0.05, 0) is 54.4 Å². The molecule has 5 atom stereocenters. The van der Waals surface area contributed by atoms with Crippen LogP contribution in [0.3, 0.4) is 0 Å². The maximum atomic E-state index is 13.1. The van der Waals surface area contributed by atoms with E-state index < -0.39 is 6.10 Å². The number of amides is 1. The number of ether oxygens (including phenoxy) is 2. The number of aliphatic hydroxyl groups is 1. The SMILES string of the molecule is N#Cc1cnn2cc(OCCC3C4COCC34)cc(-c3ccc(N4CC5CC(C4)N5C(=O)[C@@H](O)c4ccccc4)nc3)c12. The van der Waals surface area contributed by atoms with Crippen LogP contribution < -0.4 is 9.64 Å². The zero-order valence-electron chi connectivity index (χ0n) is 23.6. The van der Waals surface area contributed by atoms with Crippen LogP contribution in [-0.4, -0.2) is 75.5 Å². The molecule has 1 aromatic carbocycles. The lowest BCUT2D eigenvalue weighted by Gasteiger charge is -2.57. The number of carbonyl (C=O) groups is 1. The van der Waals surface area contributed by atoms with Gasteiger partial charge in [-0.2, -0.15) is 10.4 Å². The molecule has 3 aromatic heterocycles. The minimum atomic E-state index is -1.14. The molecule has 43 heavy (non-hydrogen) atoms. The first-order valence-corrected chi connectivity index (χ1v) is 15.0. The number of aliphatic hydroxyl groups excluding tert-OH is 1. The smallest absolute Gasteiger partial charge is 0.256 e. The van der Waals surface area contributed by atoms with Crippen LogP contribution in [0.15, 0.2) is 67.1 Å². The molecule has 7 heterocycles. The van der Waals surface area contributed by atoms with E-state index in [0.717, 1.165) is 48.5 Å². The number of hydrogen-bond acceptors (Lipinski definition) is 8. The minimum Gasteiger partial charge on any atom is -0.492 e. The van der Waals surface area contributed by atoms with Gasteiger partial charge in [-0.3, -0.25) is 4.79 Å². The maximum absolute atomic E-state index is 13.1. The summed E-state index contributed by atoms with van der Waals surface area (Å²) in [6, 6.07) is 17.4. The van der Waals surface area contributed by atoms with Crippen LogP contribution in [0.25, 0.3) is 16.6 Å². The molecular weight excluding hydrogens is 544 g/mol. The first kappa shape index (κ1) is 26.2. The molecule has 10 heteroatoms. The molecule has 218 valence electrons. The summed E-state index contributed by atoms with van der Waals surface area (Å²) in [5.74, 6) is 3.41. The summed E-state index contributed by atoms with van der Waals surface area (Å²) in [6.07, 6.45) is 6.04. The topological polar surface area (TPSA) is 116 Å². The van der Waals surface area contributed by atoms with Crippen molar-refractivity contribution in [1.82, 2.24) is 19.5 Å². The number of hydrogen-bond donors (Lipinski definition) is 1. The number of nitriles is 1. The number of piperidine rings is 1. The molecule has 1 saturated carbocycles. The highest BCUT2D eigenvalue weighted by Crippen LogP contribution is 2.52. The Hall–Kier alpha value is -4.46. The Morgan fingerprint density at radius 2 is 1.91 bits per heavy atom. The summed E-state index contributed by atoms with van der Waals surface area (Å²) in [5.41, 5.74) is 3.55. The van der Waals surface area contributed by atoms with Crippen LogP contribution in [-0.2, 0) is 9.53 Å². The van der Waals surface area contributed by atoms with E-state index in [1.54, 1.807) is 22.8 Å². The summed E-state index contributed by atoms with van der Waals surface area (Å²) >= 11 is 0. The van der Waals surface area contributed by atoms with Crippen molar-refractivity contribution < 1.29 is 19.4 Å². The molecule has 1 N–H and O–H groups in total. The van der Waals surface area contributed by atoms with Crippen molar-refractivity contribution in [1.29, 1.82) is 5.26 Å². The normalized spacial score (nSPS) is 26.0. The lowest BCUT2D eigenvalue weighted by atomic mass is 9.86. The largest absolute Gasteiger partial charge is 0.492 e. The predicted molar refractivity (Wildman–Crippen MR) is 157 cm³/mol. The minimum absolute atomic E-state index is 0.0484. The van der Waals surface area contributed by atoms with Crippen LogP contribution >= 0.6 is 0 Å². The Bertz CT molecular complexity index is 1700. The molecule has 4 unspecified atom stereocenters. The van der Waals surface area contributed by atoms with Gasteiger partial charge in [-0.25, -0.2) is 9.50 Å². The van der Waals surface area contributed by atoms with Gasteiger partial charge in [0, 0.05) is 30.4 Å². The highest BCUT2D eigenvalue weighted by Gasteiger charge is 2.53. The zero-order valence-corrected chi connectivity index (χ0v) is 23.6. The van der Waals surface area contributed by atoms with E-state index in [9.17, 15) is 15.2 Å². The van der Waals surface area contributed by atoms with Crippen molar-refractivity contribution in [3.8, 4) is 22.9 Å². The summed E-state index contributed by atoms with van der Waals surface area (Å²) in [5, 5.41) is 24.8. The van der Waals surface area contributed by atoms with E-state index in [1.807, 2.05) is 53.7 Å². The maximum Gasteiger partial charge on any atom is 0.256 e. The van der Waals surface area contributed by atoms with Gasteiger partial charge in [-0.15, -0.1) is 0 Å². The van der Waals surface area contributed by atoms with Gasteiger partial charge in [0.05, 0.1) is 55.4 Å². The van der Waals surface area contributed by atoms with Gasteiger partial charge in [-0.1, -0.05) is 30.3 Å². The third kappa shape index (κ3) is 4.51. The second-order valence-corrected chi connectivity index (χ2v) is 12.1. The van der Waals surface area contributed by atoms with E-state index in [0.29, 0.717) is 54.3 Å². The second-order valence-electron chi connectivity index (χ2n) is 12.1. The van der Waals surface area contributed by atoms with Crippen LogP contribution in [0.5, 0.6) is 5.75 Å². The summed E-state index contributed by atoms with van der Waals surface area (Å²) in [6.45, 7) is 3.72. The zero-order chi connectivity index (χ0) is 29.1. The average Bonchev–Trinajstić information content (AvgIpc) is 3.35. The van der Waals surface area contributed by atoms with Crippen molar-refractivity contribution in [3.63, 3.8) is 0 Å². The van der Waals surface area contributed by atoms with Crippen LogP contribution in [0, 0.1) is 29.1 Å². The fourth-order valence-corrected chi connectivity index (χ4v) is 7.39. The van der Waals surface area contributed by atoms with Gasteiger partial charge in [0.1, 0.15) is 17.6 Å². The first-order valence-electron chi connectivity index (χ1n) is 15.0. The molecule has 2 bridgehead atoms. The van der Waals surface area contributed by atoms with E-state index in [2.05, 4.69) is 16.1 Å². The third-order valence-electron chi connectivity index (χ3n) is 9.74. The Kier molecular flexibility index (Phi) is 6.31. The lowest BCUT2D eigenvalue weighted by molar-refractivity contribution is -0.156. The Balaban J connectivity index is 0.973. The molecule has 4 aliphatic heterocycles. The fourth-order valence-electron chi connectivity index (χ4n) is 7.39. The summed E-state index contributed by atoms with van der Waals surface area (Å²) < 4.78 is 13.4. The molecule has 10 nitrogen and oxygen atoms in total. The molecule has 4 aromatic rings. The van der Waals surface area contributed by atoms with E-state index in [-0.39, 0.29) is 18.0 Å². The average molecular weight is 577 g/mol. The van der Waals surface area contributed by atoms with E-state index in [1.165, 1.54) is 0 Å². The quantitative estimate of drug-likeness (QED) is 0.339. The summed E-state index contributed by atoms with van der Waals surface area (Å²) in [7, 11) is 0. The van der Waals surface area contributed by atoms with Gasteiger partial charge in [0.25, 0.3) is 5.91 Å². The van der Waals surface area contributed by atoms with Gasteiger partial charge in [0.15, 0.2) is 6.10 Å². The molecule has 1 aliphatic carbocycles. The van der Waals surface area contributed by atoms with Crippen molar-refractivity contribution in [2.45, 2.75) is 31.0 Å². The lowest BCUT2D eigenvalue weighted by Crippen LogP contribution is -2.71. The molecule has 5 fully saturated rings. The number of pyridine rings is 2. The number of nitrogens with zero attached hydrogens (tertiary/aromatic N) is 6. The number of fused-ring (bicyclic) bond motifs is 4. The highest BCUT2D eigenvalue weighted by atomic mass is 16.5. The summed E-state index contributed by atoms with van der Waals surface area (Å²) in [4.78, 5) is 21.9. The van der Waals surface area contributed by atoms with E-state index in [4.69, 9.17) is 14.5 Å². The highest BCUT2D eigenvalue weighted by molar-refractivity contribution is 5.85. The molecular formula is C33H32N6O4. The van der Waals surface area contributed by atoms with Crippen molar-refractivity contribution >= 4 is 17.2 Å². The fraction of sp³-hybridized carbons (Fsp3) is 0.394. The Morgan fingerprint density at radius 1 is 1.12 bits per heavy atom. The number of piperazine rings is 1. The number of carbonyl (C=O) groups excluding carboxylic acids is 1. The van der Waals surface area contributed by atoms with Crippen LogP contribution in [0.1, 0.15) is 30.1 Å². The van der Waals surface area contributed by atoms with Gasteiger partial charge < -0.3 is 24.4 Å². The standard InChI is InChI=1S/C33H32N6O4/c34-12-22-14-36-38-17-25(43-9-8-26-28-18-42-19-29(26)28)11-27(31(22)38)21-6-7-30(35-13-21)37-15-23-10-24(16-37)39(23)33(41)32(40)20-4-2-1-3-5-20/h1-7,11,13-14,17,23-24,26,28-29,32,40H,8-10,15-16,18-19H2/t23?,24?,26?,28?,29?,32-/m0/s1. The van der Waals surface area contributed by atoms with Crippen molar-refractivity contribution in [2.75, 3.05) is 37.8 Å². The number of anilines is 1. The Labute approximate surface area is 249 Å². The monoisotopic (exact) mass is 576 g/mol. The van der Waals surface area contributed by atoms with Gasteiger partial charge >= 0.3 is 0 Å². The molecule has 0 spiro atoms. The number of rotatable bonds is 8. The predicted octanol–water partition coefficient (Wildman–Crippen LogP) is 3.45. The molecule has 4 saturated heterocycles. The number of benzene rings is 1.